The van der Waals surface area contributed by atoms with Gasteiger partial charge in [0.25, 0.3) is 0 Å². The third kappa shape index (κ3) is 4.22. The molecular weight excluding hydrogens is 266 g/mol. The van der Waals surface area contributed by atoms with E-state index in [0.717, 1.165) is 19.3 Å². The maximum absolute atomic E-state index is 6.07. The fraction of sp³-hybridized carbons (Fsp3) is 0.750. The predicted octanol–water partition coefficient (Wildman–Crippen LogP) is 3.44. The highest BCUT2D eigenvalue weighted by Crippen LogP contribution is 2.40. The van der Waals surface area contributed by atoms with Gasteiger partial charge >= 0.3 is 0 Å². The number of hydrogen-bond donors (Lipinski definition) is 1. The lowest BCUT2D eigenvalue weighted by atomic mass is 9.71. The van der Waals surface area contributed by atoms with E-state index in [0.29, 0.717) is 35.4 Å². The van der Waals surface area contributed by atoms with Crippen LogP contribution in [0.3, 0.4) is 0 Å². The molecule has 5 nitrogen and oxygen atoms in total. The molecule has 1 aliphatic carbocycles. The number of ether oxygens (including phenoxy) is 2. The largest absolute Gasteiger partial charge is 0.476 e. The Morgan fingerprint density at radius 3 is 2.67 bits per heavy atom. The van der Waals surface area contributed by atoms with E-state index in [-0.39, 0.29) is 6.10 Å². The molecule has 2 rings (SSSR count). The molecule has 0 radical (unpaired) electrons. The number of anilines is 1. The summed E-state index contributed by atoms with van der Waals surface area (Å²) in [5.41, 5.74) is 6.77. The van der Waals surface area contributed by atoms with Gasteiger partial charge in [-0.05, 0) is 37.0 Å². The summed E-state index contributed by atoms with van der Waals surface area (Å²) in [4.78, 5) is 8.25. The molecule has 0 aliphatic heterocycles. The van der Waals surface area contributed by atoms with Gasteiger partial charge in [0.05, 0.1) is 6.61 Å². The summed E-state index contributed by atoms with van der Waals surface area (Å²) in [6.45, 7) is 9.49. The molecule has 0 saturated heterocycles. The van der Waals surface area contributed by atoms with Crippen LogP contribution in [0.25, 0.3) is 0 Å². The van der Waals surface area contributed by atoms with Gasteiger partial charge in [-0.3, -0.25) is 0 Å². The Bertz CT molecular complexity index is 477. The van der Waals surface area contributed by atoms with Crippen LogP contribution in [-0.4, -0.2) is 22.7 Å². The number of rotatable bonds is 5. The summed E-state index contributed by atoms with van der Waals surface area (Å²) in [5, 5.41) is 0. The molecule has 21 heavy (non-hydrogen) atoms. The molecule has 0 aromatic carbocycles. The van der Waals surface area contributed by atoms with Crippen molar-refractivity contribution in [1.82, 2.24) is 9.97 Å². The van der Waals surface area contributed by atoms with E-state index in [2.05, 4.69) is 30.7 Å². The van der Waals surface area contributed by atoms with E-state index in [1.807, 2.05) is 6.92 Å². The molecule has 2 N–H and O–H groups in total. The van der Waals surface area contributed by atoms with Crippen molar-refractivity contribution in [1.29, 1.82) is 0 Å². The summed E-state index contributed by atoms with van der Waals surface area (Å²) in [6.07, 6.45) is 5.81. The maximum Gasteiger partial charge on any atom is 0.244 e. The van der Waals surface area contributed by atoms with Crippen molar-refractivity contribution in [2.75, 3.05) is 12.3 Å². The maximum atomic E-state index is 6.07. The second-order valence-corrected chi connectivity index (χ2v) is 6.90. The van der Waals surface area contributed by atoms with Crippen molar-refractivity contribution in [2.24, 2.45) is 11.3 Å². The Morgan fingerprint density at radius 2 is 2.00 bits per heavy atom. The highest BCUT2D eigenvalue weighted by Gasteiger charge is 2.33. The molecule has 1 saturated carbocycles. The minimum atomic E-state index is 0.153. The molecule has 2 atom stereocenters. The Kier molecular flexibility index (Phi) is 4.91. The molecular formula is C16H27N3O2. The smallest absolute Gasteiger partial charge is 0.244 e. The molecule has 1 fully saturated rings. The summed E-state index contributed by atoms with van der Waals surface area (Å²) in [6, 6.07) is 0. The normalized spacial score (nSPS) is 24.6. The Hall–Kier alpha value is -1.52. The van der Waals surface area contributed by atoms with E-state index in [4.69, 9.17) is 15.2 Å². The highest BCUT2D eigenvalue weighted by molar-refractivity contribution is 5.55. The van der Waals surface area contributed by atoms with Crippen LogP contribution >= 0.6 is 0 Å². The molecule has 0 amide bonds. The SMILES string of the molecule is CCCOc1ncnc(OC2CC(C)CC(C)(C)C2)c1N. The van der Waals surface area contributed by atoms with E-state index in [9.17, 15) is 0 Å². The molecule has 2 unspecified atom stereocenters. The van der Waals surface area contributed by atoms with Crippen molar-refractivity contribution >= 4 is 5.69 Å². The van der Waals surface area contributed by atoms with Gasteiger partial charge in [-0.1, -0.05) is 27.7 Å². The van der Waals surface area contributed by atoms with Gasteiger partial charge in [-0.2, -0.15) is 9.97 Å². The van der Waals surface area contributed by atoms with Crippen LogP contribution in [0, 0.1) is 11.3 Å². The molecule has 1 aliphatic rings. The molecule has 1 aromatic heterocycles. The molecule has 5 heteroatoms. The van der Waals surface area contributed by atoms with E-state index in [1.54, 1.807) is 0 Å². The zero-order valence-corrected chi connectivity index (χ0v) is 13.6. The van der Waals surface area contributed by atoms with Crippen LogP contribution in [-0.2, 0) is 0 Å². The lowest BCUT2D eigenvalue weighted by Crippen LogP contribution is -2.34. The molecule has 0 spiro atoms. The quantitative estimate of drug-likeness (QED) is 0.900. The van der Waals surface area contributed by atoms with Crippen LogP contribution < -0.4 is 15.2 Å². The Balaban J connectivity index is 2.08. The number of nitrogen functional groups attached to an aromatic ring is 1. The first-order valence-corrected chi connectivity index (χ1v) is 7.81. The molecule has 0 bridgehead atoms. The summed E-state index contributed by atoms with van der Waals surface area (Å²) in [5.74, 6) is 1.52. The van der Waals surface area contributed by atoms with Gasteiger partial charge < -0.3 is 15.2 Å². The lowest BCUT2D eigenvalue weighted by molar-refractivity contribution is 0.0535. The topological polar surface area (TPSA) is 70.3 Å². The predicted molar refractivity (Wildman–Crippen MR) is 83.4 cm³/mol. The Morgan fingerprint density at radius 1 is 1.29 bits per heavy atom. The van der Waals surface area contributed by atoms with Crippen LogP contribution in [0.2, 0.25) is 0 Å². The lowest BCUT2D eigenvalue weighted by Gasteiger charge is -2.38. The van der Waals surface area contributed by atoms with Crippen molar-refractivity contribution in [3.63, 3.8) is 0 Å². The van der Waals surface area contributed by atoms with Gasteiger partial charge in [-0.25, -0.2) is 0 Å². The summed E-state index contributed by atoms with van der Waals surface area (Å²) < 4.78 is 11.6. The van der Waals surface area contributed by atoms with Crippen LogP contribution in [0.4, 0.5) is 5.69 Å². The standard InChI is InChI=1S/C16H27N3O2/c1-5-6-20-14-13(17)15(19-10-18-14)21-12-7-11(2)8-16(3,4)9-12/h10-12H,5-9,17H2,1-4H3. The third-order valence-corrected chi connectivity index (χ3v) is 3.88. The average Bonchev–Trinajstić information content (AvgIpc) is 2.37. The number of aromatic nitrogens is 2. The fourth-order valence-corrected chi connectivity index (χ4v) is 3.28. The average molecular weight is 293 g/mol. The fourth-order valence-electron chi connectivity index (χ4n) is 3.28. The molecule has 1 heterocycles. The first kappa shape index (κ1) is 15.9. The van der Waals surface area contributed by atoms with Crippen molar-refractivity contribution in [2.45, 2.75) is 59.5 Å². The summed E-state index contributed by atoms with van der Waals surface area (Å²) in [7, 11) is 0. The van der Waals surface area contributed by atoms with Gasteiger partial charge in [-0.15, -0.1) is 0 Å². The van der Waals surface area contributed by atoms with Crippen LogP contribution in [0.15, 0.2) is 6.33 Å². The number of hydrogen-bond acceptors (Lipinski definition) is 5. The minimum Gasteiger partial charge on any atom is -0.476 e. The van der Waals surface area contributed by atoms with Crippen LogP contribution in [0.5, 0.6) is 11.8 Å². The molecule has 118 valence electrons. The van der Waals surface area contributed by atoms with Crippen LogP contribution in [0.1, 0.15) is 53.4 Å². The zero-order valence-electron chi connectivity index (χ0n) is 13.6. The van der Waals surface area contributed by atoms with Gasteiger partial charge in [0.1, 0.15) is 12.4 Å². The van der Waals surface area contributed by atoms with Crippen molar-refractivity contribution < 1.29 is 9.47 Å². The van der Waals surface area contributed by atoms with Gasteiger partial charge in [0, 0.05) is 0 Å². The summed E-state index contributed by atoms with van der Waals surface area (Å²) >= 11 is 0. The Labute approximate surface area is 127 Å². The van der Waals surface area contributed by atoms with E-state index >= 15 is 0 Å². The number of nitrogens with zero attached hydrogens (tertiary/aromatic N) is 2. The van der Waals surface area contributed by atoms with Crippen molar-refractivity contribution in [3.05, 3.63) is 6.33 Å². The van der Waals surface area contributed by atoms with E-state index < -0.39 is 0 Å². The second kappa shape index (κ2) is 6.50. The second-order valence-electron chi connectivity index (χ2n) is 6.90. The van der Waals surface area contributed by atoms with Gasteiger partial charge in [0.15, 0.2) is 5.69 Å². The number of nitrogens with two attached hydrogens (primary N) is 1. The first-order chi connectivity index (χ1) is 9.91. The first-order valence-electron chi connectivity index (χ1n) is 7.81. The van der Waals surface area contributed by atoms with Crippen molar-refractivity contribution in [3.8, 4) is 11.8 Å². The van der Waals surface area contributed by atoms with E-state index in [1.165, 1.54) is 12.7 Å². The van der Waals surface area contributed by atoms with Gasteiger partial charge in [0.2, 0.25) is 11.8 Å². The highest BCUT2D eigenvalue weighted by atomic mass is 16.5. The minimum absolute atomic E-state index is 0.153. The third-order valence-electron chi connectivity index (χ3n) is 3.88. The molecule has 1 aromatic rings. The zero-order chi connectivity index (χ0) is 15.5. The monoisotopic (exact) mass is 293 g/mol.